The number of aromatic carboxylic acids is 1. The van der Waals surface area contributed by atoms with Gasteiger partial charge in [0.2, 0.25) is 0 Å². The third-order valence-corrected chi connectivity index (χ3v) is 6.20. The largest absolute Gasteiger partial charge is 0.478 e. The summed E-state index contributed by atoms with van der Waals surface area (Å²) >= 11 is 0. The minimum Gasteiger partial charge on any atom is -0.478 e. The summed E-state index contributed by atoms with van der Waals surface area (Å²) in [6, 6.07) is 11.9. The molecule has 2 aromatic rings. The van der Waals surface area contributed by atoms with Crippen LogP contribution in [0.3, 0.4) is 0 Å². The molecule has 0 fully saturated rings. The highest BCUT2D eigenvalue weighted by Crippen LogP contribution is 2.46. The summed E-state index contributed by atoms with van der Waals surface area (Å²) in [4.78, 5) is 11.1. The Labute approximate surface area is 162 Å². The molecule has 3 rings (SSSR count). The first kappa shape index (κ1) is 19.4. The van der Waals surface area contributed by atoms with Crippen molar-refractivity contribution in [3.63, 3.8) is 0 Å². The van der Waals surface area contributed by atoms with E-state index in [4.69, 9.17) is 5.11 Å². The first-order chi connectivity index (χ1) is 12.5. The second-order valence-electron chi connectivity index (χ2n) is 9.23. The third-order valence-electron chi connectivity index (χ3n) is 6.20. The van der Waals surface area contributed by atoms with Crippen LogP contribution < -0.4 is 0 Å². The highest BCUT2D eigenvalue weighted by Gasteiger charge is 2.37. The summed E-state index contributed by atoms with van der Waals surface area (Å²) in [6.45, 7) is 13.7. The van der Waals surface area contributed by atoms with E-state index in [9.17, 15) is 4.79 Å². The highest BCUT2D eigenvalue weighted by atomic mass is 16.4. The summed E-state index contributed by atoms with van der Waals surface area (Å²) in [5.41, 5.74) is 8.42. The van der Waals surface area contributed by atoms with Crippen molar-refractivity contribution in [2.75, 3.05) is 0 Å². The molecule has 2 heteroatoms. The molecule has 1 N–H and O–H groups in total. The van der Waals surface area contributed by atoms with E-state index in [1.54, 1.807) is 12.1 Å². The number of carbonyl (C=O) groups is 1. The zero-order chi connectivity index (χ0) is 20.0. The van der Waals surface area contributed by atoms with Gasteiger partial charge in [-0.25, -0.2) is 4.79 Å². The van der Waals surface area contributed by atoms with Crippen LogP contribution in [0.4, 0.5) is 0 Å². The molecule has 0 heterocycles. The lowest BCUT2D eigenvalue weighted by atomic mass is 9.62. The molecule has 0 aromatic heterocycles. The van der Waals surface area contributed by atoms with E-state index in [2.05, 4.69) is 59.8 Å². The van der Waals surface area contributed by atoms with Crippen molar-refractivity contribution in [3.8, 4) is 0 Å². The molecule has 0 amide bonds. The molecule has 0 radical (unpaired) electrons. The Balaban J connectivity index is 2.05. The first-order valence-corrected chi connectivity index (χ1v) is 9.69. The number of fused-ring (bicyclic) bond motifs is 1. The fraction of sp³-hybridized carbons (Fsp3) is 0.400. The van der Waals surface area contributed by atoms with Crippen LogP contribution in [-0.2, 0) is 10.8 Å². The van der Waals surface area contributed by atoms with Crippen LogP contribution in [0.15, 0.2) is 36.4 Å². The molecule has 1 aliphatic rings. The van der Waals surface area contributed by atoms with Crippen molar-refractivity contribution in [2.24, 2.45) is 0 Å². The summed E-state index contributed by atoms with van der Waals surface area (Å²) in [5, 5.41) is 9.08. The average Bonchev–Trinajstić information content (AvgIpc) is 2.60. The van der Waals surface area contributed by atoms with Gasteiger partial charge in [0, 0.05) is 0 Å². The third kappa shape index (κ3) is 3.71. The van der Waals surface area contributed by atoms with Crippen molar-refractivity contribution >= 4 is 17.6 Å². The Morgan fingerprint density at radius 3 is 1.93 bits per heavy atom. The van der Waals surface area contributed by atoms with E-state index < -0.39 is 5.97 Å². The molecule has 1 aliphatic carbocycles. The predicted octanol–water partition coefficient (Wildman–Crippen LogP) is 6.60. The minimum atomic E-state index is -0.890. The number of hydrogen-bond acceptors (Lipinski definition) is 1. The maximum atomic E-state index is 11.1. The van der Waals surface area contributed by atoms with Gasteiger partial charge >= 0.3 is 5.97 Å². The molecule has 0 saturated carbocycles. The standard InChI is InChI=1S/C25H30O2/c1-16(18-7-9-19(10-8-18)23(26)27)13-20-15-22-21(14-17(20)2)24(3,4)11-12-25(22,5)6/h7-10,13-15H,11-12H2,1-6H3,(H,26,27)/b16-13+. The predicted molar refractivity (Wildman–Crippen MR) is 113 cm³/mol. The molecule has 27 heavy (non-hydrogen) atoms. The van der Waals surface area contributed by atoms with E-state index >= 15 is 0 Å². The minimum absolute atomic E-state index is 0.193. The van der Waals surface area contributed by atoms with Crippen molar-refractivity contribution in [1.29, 1.82) is 0 Å². The summed E-state index contributed by atoms with van der Waals surface area (Å²) in [5.74, 6) is -0.890. The highest BCUT2D eigenvalue weighted by molar-refractivity contribution is 5.89. The molecule has 0 unspecified atom stereocenters. The van der Waals surface area contributed by atoms with Crippen molar-refractivity contribution in [2.45, 2.75) is 65.2 Å². The molecular weight excluding hydrogens is 332 g/mol. The zero-order valence-electron chi connectivity index (χ0n) is 17.3. The van der Waals surface area contributed by atoms with Crippen LogP contribution in [0.5, 0.6) is 0 Å². The molecule has 2 aromatic carbocycles. The fourth-order valence-electron chi connectivity index (χ4n) is 4.09. The molecule has 0 bridgehead atoms. The van der Waals surface area contributed by atoms with Crippen LogP contribution in [0.1, 0.15) is 85.6 Å². The van der Waals surface area contributed by atoms with E-state index in [0.717, 1.165) is 11.1 Å². The van der Waals surface area contributed by atoms with Gasteiger partial charge in [-0.15, -0.1) is 0 Å². The number of carboxylic acids is 1. The number of rotatable bonds is 3. The number of allylic oxidation sites excluding steroid dienone is 1. The van der Waals surface area contributed by atoms with Crippen molar-refractivity contribution in [1.82, 2.24) is 0 Å². The van der Waals surface area contributed by atoms with Gasteiger partial charge in [0.25, 0.3) is 0 Å². The summed E-state index contributed by atoms with van der Waals surface area (Å²) in [7, 11) is 0. The van der Waals surface area contributed by atoms with Crippen LogP contribution >= 0.6 is 0 Å². The number of aryl methyl sites for hydroxylation is 1. The van der Waals surface area contributed by atoms with Gasteiger partial charge in [-0.2, -0.15) is 0 Å². The quantitative estimate of drug-likeness (QED) is 0.624. The Morgan fingerprint density at radius 2 is 1.41 bits per heavy atom. The van der Waals surface area contributed by atoms with E-state index in [0.29, 0.717) is 5.56 Å². The number of benzene rings is 2. The van der Waals surface area contributed by atoms with Gasteiger partial charge in [-0.05, 0) is 83.0 Å². The van der Waals surface area contributed by atoms with Crippen molar-refractivity contribution in [3.05, 3.63) is 69.8 Å². The second kappa shape index (κ2) is 6.67. The topological polar surface area (TPSA) is 37.3 Å². The first-order valence-electron chi connectivity index (χ1n) is 9.69. The van der Waals surface area contributed by atoms with Crippen LogP contribution in [0.2, 0.25) is 0 Å². The van der Waals surface area contributed by atoms with E-state index in [-0.39, 0.29) is 10.8 Å². The maximum Gasteiger partial charge on any atom is 0.335 e. The maximum absolute atomic E-state index is 11.1. The lowest BCUT2D eigenvalue weighted by Gasteiger charge is -2.42. The Hall–Kier alpha value is -2.35. The smallest absolute Gasteiger partial charge is 0.335 e. The van der Waals surface area contributed by atoms with Crippen LogP contribution in [0.25, 0.3) is 11.6 Å². The van der Waals surface area contributed by atoms with E-state index in [1.165, 1.54) is 35.1 Å². The lowest BCUT2D eigenvalue weighted by molar-refractivity contribution is 0.0697. The Kier molecular flexibility index (Phi) is 4.80. The second-order valence-corrected chi connectivity index (χ2v) is 9.23. The normalized spacial score (nSPS) is 18.1. The molecule has 142 valence electrons. The van der Waals surface area contributed by atoms with Crippen molar-refractivity contribution < 1.29 is 9.90 Å². The molecule has 0 aliphatic heterocycles. The van der Waals surface area contributed by atoms with Crippen LogP contribution in [-0.4, -0.2) is 11.1 Å². The Morgan fingerprint density at radius 1 is 0.926 bits per heavy atom. The van der Waals surface area contributed by atoms with Gasteiger partial charge in [0.15, 0.2) is 0 Å². The van der Waals surface area contributed by atoms with Gasteiger partial charge in [0.1, 0.15) is 0 Å². The number of carboxylic acid groups (broad SMARTS) is 1. The van der Waals surface area contributed by atoms with E-state index in [1.807, 2.05) is 12.1 Å². The molecular formula is C25H30O2. The van der Waals surface area contributed by atoms with Gasteiger partial charge in [-0.1, -0.05) is 58.0 Å². The molecule has 0 atom stereocenters. The fourth-order valence-corrected chi connectivity index (χ4v) is 4.09. The molecule has 2 nitrogen and oxygen atoms in total. The summed E-state index contributed by atoms with van der Waals surface area (Å²) < 4.78 is 0. The monoisotopic (exact) mass is 362 g/mol. The zero-order valence-corrected chi connectivity index (χ0v) is 17.3. The Bertz CT molecular complexity index is 912. The lowest BCUT2D eigenvalue weighted by Crippen LogP contribution is -2.34. The summed E-state index contributed by atoms with van der Waals surface area (Å²) in [6.07, 6.45) is 4.65. The molecule has 0 spiro atoms. The average molecular weight is 363 g/mol. The van der Waals surface area contributed by atoms with Gasteiger partial charge in [-0.3, -0.25) is 0 Å². The van der Waals surface area contributed by atoms with Gasteiger partial charge < -0.3 is 5.11 Å². The SMILES string of the molecule is C/C(=C\c1cc2c(cc1C)C(C)(C)CCC2(C)C)c1ccc(C(=O)O)cc1. The molecule has 0 saturated heterocycles. The van der Waals surface area contributed by atoms with Crippen LogP contribution in [0, 0.1) is 6.92 Å². The van der Waals surface area contributed by atoms with Gasteiger partial charge in [0.05, 0.1) is 5.56 Å². The number of hydrogen-bond donors (Lipinski definition) is 1.